The van der Waals surface area contributed by atoms with Crippen molar-refractivity contribution in [3.8, 4) is 0 Å². The molecule has 2 heterocycles. The molecule has 0 amide bonds. The third-order valence-corrected chi connectivity index (χ3v) is 1.65. The van der Waals surface area contributed by atoms with E-state index in [-0.39, 0.29) is 0 Å². The average molecular weight is 160 g/mol. The van der Waals surface area contributed by atoms with E-state index in [0.29, 0.717) is 5.65 Å². The summed E-state index contributed by atoms with van der Waals surface area (Å²) in [6.07, 6.45) is 3.20. The highest BCUT2D eigenvalue weighted by molar-refractivity contribution is 5.71. The quantitative estimate of drug-likeness (QED) is 0.577. The van der Waals surface area contributed by atoms with Gasteiger partial charge >= 0.3 is 0 Å². The van der Waals surface area contributed by atoms with E-state index in [9.17, 15) is 0 Å². The number of nitrogens with zero attached hydrogens (tertiary/aromatic N) is 4. The second kappa shape index (κ2) is 2.48. The Morgan fingerprint density at radius 3 is 2.75 bits per heavy atom. The lowest BCUT2D eigenvalue weighted by Crippen LogP contribution is -1.94. The van der Waals surface area contributed by atoms with E-state index in [2.05, 4.69) is 19.9 Å². The Labute approximate surface area is 69.7 Å². The van der Waals surface area contributed by atoms with Crippen LogP contribution in [0.1, 0.15) is 11.4 Å². The number of hydrogen-bond acceptors (Lipinski definition) is 4. The van der Waals surface area contributed by atoms with Crippen molar-refractivity contribution in [3.05, 3.63) is 23.9 Å². The van der Waals surface area contributed by atoms with Crippen LogP contribution in [0.5, 0.6) is 0 Å². The molecule has 0 aromatic carbocycles. The van der Waals surface area contributed by atoms with Crippen molar-refractivity contribution in [1.82, 2.24) is 19.9 Å². The fourth-order valence-electron chi connectivity index (χ4n) is 1.04. The third kappa shape index (κ3) is 1.01. The molecule has 0 aliphatic carbocycles. The van der Waals surface area contributed by atoms with Crippen LogP contribution in [-0.2, 0) is 0 Å². The van der Waals surface area contributed by atoms with Gasteiger partial charge in [-0.3, -0.25) is 0 Å². The fraction of sp³-hybridized carbons (Fsp3) is 0.250. The first-order chi connectivity index (χ1) is 5.77. The van der Waals surface area contributed by atoms with Crippen molar-refractivity contribution in [3.63, 3.8) is 0 Å². The Balaban J connectivity index is 2.88. The topological polar surface area (TPSA) is 51.6 Å². The van der Waals surface area contributed by atoms with Crippen molar-refractivity contribution >= 4 is 11.2 Å². The van der Waals surface area contributed by atoms with Crippen LogP contribution in [0.15, 0.2) is 12.5 Å². The lowest BCUT2D eigenvalue weighted by Gasteiger charge is -1.98. The third-order valence-electron chi connectivity index (χ3n) is 1.65. The Kier molecular flexibility index (Phi) is 1.46. The fourth-order valence-corrected chi connectivity index (χ4v) is 1.04. The van der Waals surface area contributed by atoms with E-state index in [1.165, 1.54) is 6.33 Å². The molecule has 4 nitrogen and oxygen atoms in total. The molecule has 2 aromatic heterocycles. The van der Waals surface area contributed by atoms with Crippen LogP contribution >= 0.6 is 0 Å². The standard InChI is InChI=1S/C8H8N4/c1-5-3-9-8-7(12-5)6(2)10-4-11-8/h3-4H,1-2H3. The highest BCUT2D eigenvalue weighted by Crippen LogP contribution is 2.07. The van der Waals surface area contributed by atoms with Crippen molar-refractivity contribution < 1.29 is 0 Å². The summed E-state index contributed by atoms with van der Waals surface area (Å²) in [7, 11) is 0. The van der Waals surface area contributed by atoms with E-state index >= 15 is 0 Å². The minimum Gasteiger partial charge on any atom is -0.246 e. The van der Waals surface area contributed by atoms with Gasteiger partial charge in [0.05, 0.1) is 17.6 Å². The molecule has 0 atom stereocenters. The Bertz CT molecular complexity index is 424. The molecule has 0 N–H and O–H groups in total. The first-order valence-electron chi connectivity index (χ1n) is 3.68. The predicted octanol–water partition coefficient (Wildman–Crippen LogP) is 1.04. The van der Waals surface area contributed by atoms with Gasteiger partial charge in [-0.05, 0) is 13.8 Å². The van der Waals surface area contributed by atoms with Crippen LogP contribution in [0.25, 0.3) is 11.2 Å². The molecule has 0 unspecified atom stereocenters. The zero-order valence-corrected chi connectivity index (χ0v) is 6.94. The van der Waals surface area contributed by atoms with Crippen LogP contribution in [0, 0.1) is 13.8 Å². The molecular weight excluding hydrogens is 152 g/mol. The summed E-state index contributed by atoms with van der Waals surface area (Å²) in [5, 5.41) is 0. The van der Waals surface area contributed by atoms with Crippen LogP contribution in [0.3, 0.4) is 0 Å². The molecule has 0 spiro atoms. The SMILES string of the molecule is Cc1cnc2ncnc(C)c2n1. The highest BCUT2D eigenvalue weighted by Gasteiger charge is 2.00. The average Bonchev–Trinajstić information content (AvgIpc) is 2.07. The van der Waals surface area contributed by atoms with Gasteiger partial charge in [-0.2, -0.15) is 0 Å². The molecule has 2 rings (SSSR count). The molecule has 0 saturated heterocycles. The normalized spacial score (nSPS) is 10.5. The number of aromatic nitrogens is 4. The zero-order valence-electron chi connectivity index (χ0n) is 6.94. The highest BCUT2D eigenvalue weighted by atomic mass is 15.0. The van der Waals surface area contributed by atoms with Gasteiger partial charge in [0, 0.05) is 0 Å². The van der Waals surface area contributed by atoms with E-state index in [0.717, 1.165) is 16.9 Å². The summed E-state index contributed by atoms with van der Waals surface area (Å²) in [5.41, 5.74) is 3.21. The first kappa shape index (κ1) is 7.09. The molecule has 0 aliphatic rings. The van der Waals surface area contributed by atoms with Gasteiger partial charge in [0.25, 0.3) is 0 Å². The number of fused-ring (bicyclic) bond motifs is 1. The lowest BCUT2D eigenvalue weighted by molar-refractivity contribution is 1.07. The van der Waals surface area contributed by atoms with Crippen LogP contribution < -0.4 is 0 Å². The maximum Gasteiger partial charge on any atom is 0.181 e. The van der Waals surface area contributed by atoms with E-state index < -0.39 is 0 Å². The zero-order chi connectivity index (χ0) is 8.55. The lowest BCUT2D eigenvalue weighted by atomic mass is 10.3. The molecule has 0 saturated carbocycles. The van der Waals surface area contributed by atoms with Crippen molar-refractivity contribution in [2.75, 3.05) is 0 Å². The van der Waals surface area contributed by atoms with Gasteiger partial charge in [-0.25, -0.2) is 19.9 Å². The van der Waals surface area contributed by atoms with Gasteiger partial charge in [-0.1, -0.05) is 0 Å². The van der Waals surface area contributed by atoms with E-state index in [4.69, 9.17) is 0 Å². The molecule has 12 heavy (non-hydrogen) atoms. The summed E-state index contributed by atoms with van der Waals surface area (Å²) >= 11 is 0. The van der Waals surface area contributed by atoms with Crippen LogP contribution in [-0.4, -0.2) is 19.9 Å². The van der Waals surface area contributed by atoms with Crippen molar-refractivity contribution in [2.45, 2.75) is 13.8 Å². The minimum atomic E-state index is 0.660. The largest absolute Gasteiger partial charge is 0.246 e. The molecular formula is C8H8N4. The van der Waals surface area contributed by atoms with E-state index in [1.807, 2.05) is 13.8 Å². The molecule has 60 valence electrons. The number of aryl methyl sites for hydroxylation is 2. The minimum absolute atomic E-state index is 0.660. The molecule has 0 bridgehead atoms. The van der Waals surface area contributed by atoms with Crippen LogP contribution in [0.4, 0.5) is 0 Å². The van der Waals surface area contributed by atoms with Gasteiger partial charge in [-0.15, -0.1) is 0 Å². The molecule has 0 fully saturated rings. The van der Waals surface area contributed by atoms with Crippen molar-refractivity contribution in [2.24, 2.45) is 0 Å². The first-order valence-corrected chi connectivity index (χ1v) is 3.68. The maximum atomic E-state index is 4.29. The summed E-state index contributed by atoms with van der Waals surface area (Å²) in [6.45, 7) is 3.80. The molecule has 2 aromatic rings. The van der Waals surface area contributed by atoms with Gasteiger partial charge in [0.2, 0.25) is 0 Å². The smallest absolute Gasteiger partial charge is 0.181 e. The van der Waals surface area contributed by atoms with Gasteiger partial charge < -0.3 is 0 Å². The molecule has 0 radical (unpaired) electrons. The Morgan fingerprint density at radius 2 is 1.92 bits per heavy atom. The number of hydrogen-bond donors (Lipinski definition) is 0. The van der Waals surface area contributed by atoms with E-state index in [1.54, 1.807) is 6.20 Å². The molecule has 4 heteroatoms. The summed E-state index contributed by atoms with van der Waals surface area (Å²) in [5.74, 6) is 0. The van der Waals surface area contributed by atoms with Gasteiger partial charge in [0.1, 0.15) is 11.8 Å². The van der Waals surface area contributed by atoms with Crippen LogP contribution in [0.2, 0.25) is 0 Å². The Morgan fingerprint density at radius 1 is 1.08 bits per heavy atom. The summed E-state index contributed by atoms with van der Waals surface area (Å²) in [4.78, 5) is 16.4. The second-order valence-corrected chi connectivity index (χ2v) is 2.64. The maximum absolute atomic E-state index is 4.29. The predicted molar refractivity (Wildman–Crippen MR) is 44.6 cm³/mol. The van der Waals surface area contributed by atoms with Gasteiger partial charge in [0.15, 0.2) is 5.65 Å². The monoisotopic (exact) mass is 160 g/mol. The molecule has 0 aliphatic heterocycles. The second-order valence-electron chi connectivity index (χ2n) is 2.64. The summed E-state index contributed by atoms with van der Waals surface area (Å²) in [6, 6.07) is 0. The van der Waals surface area contributed by atoms with Crippen molar-refractivity contribution in [1.29, 1.82) is 0 Å². The number of rotatable bonds is 0. The summed E-state index contributed by atoms with van der Waals surface area (Å²) < 4.78 is 0. The Hall–Kier alpha value is -1.58.